The van der Waals surface area contributed by atoms with Gasteiger partial charge in [-0.1, -0.05) is 17.8 Å². The summed E-state index contributed by atoms with van der Waals surface area (Å²) in [6, 6.07) is 7.58. The van der Waals surface area contributed by atoms with Crippen LogP contribution in [0.3, 0.4) is 0 Å². The zero-order valence-corrected chi connectivity index (χ0v) is 24.5. The number of fused-ring (bicyclic) bond motifs is 1. The van der Waals surface area contributed by atoms with Gasteiger partial charge in [-0.3, -0.25) is 14.2 Å². The Bertz CT molecular complexity index is 1630. The number of thiophene rings is 1. The van der Waals surface area contributed by atoms with Gasteiger partial charge in [0.05, 0.1) is 42.0 Å². The summed E-state index contributed by atoms with van der Waals surface area (Å²) >= 11 is 2.30. The van der Waals surface area contributed by atoms with E-state index >= 15 is 0 Å². The van der Waals surface area contributed by atoms with Gasteiger partial charge in [0, 0.05) is 4.88 Å². The molecule has 3 aromatic heterocycles. The number of hydrogen-bond donors (Lipinski definition) is 2. The molecule has 0 radical (unpaired) electrons. The molecular weight excluding hydrogens is 607 g/mol. The van der Waals surface area contributed by atoms with E-state index in [1.807, 2.05) is 0 Å². The van der Waals surface area contributed by atoms with Crippen LogP contribution < -0.4 is 10.6 Å². The van der Waals surface area contributed by atoms with E-state index in [2.05, 4.69) is 20.8 Å². The van der Waals surface area contributed by atoms with Gasteiger partial charge in [-0.05, 0) is 68.5 Å². The highest BCUT2D eigenvalue weighted by atomic mass is 32.2. The minimum Gasteiger partial charge on any atom is -0.462 e. The average molecular weight is 634 g/mol. The van der Waals surface area contributed by atoms with E-state index in [9.17, 15) is 27.6 Å². The summed E-state index contributed by atoms with van der Waals surface area (Å²) < 4.78 is 52.2. The van der Waals surface area contributed by atoms with Crippen LogP contribution in [-0.2, 0) is 35.1 Å². The molecule has 3 heterocycles. The molecule has 1 aliphatic carbocycles. The number of esters is 1. The van der Waals surface area contributed by atoms with E-state index in [1.165, 1.54) is 40.4 Å². The lowest BCUT2D eigenvalue weighted by Crippen LogP contribution is -2.24. The fraction of sp³-hybridized carbons (Fsp3) is 0.321. The second-order valence-electron chi connectivity index (χ2n) is 9.41. The number of amides is 2. The molecule has 43 heavy (non-hydrogen) atoms. The first-order chi connectivity index (χ1) is 20.7. The number of nitrogens with one attached hydrogen (secondary N) is 2. The minimum atomic E-state index is -4.60. The predicted octanol–water partition coefficient (Wildman–Crippen LogP) is 5.66. The van der Waals surface area contributed by atoms with Crippen molar-refractivity contribution in [3.8, 4) is 5.69 Å². The minimum absolute atomic E-state index is 0.0499. The van der Waals surface area contributed by atoms with Crippen LogP contribution in [0.4, 0.5) is 18.2 Å². The van der Waals surface area contributed by atoms with Gasteiger partial charge in [-0.2, -0.15) is 13.2 Å². The van der Waals surface area contributed by atoms with Gasteiger partial charge >= 0.3 is 12.1 Å². The Kier molecular flexibility index (Phi) is 9.20. The van der Waals surface area contributed by atoms with Crippen LogP contribution in [0.15, 0.2) is 52.2 Å². The third kappa shape index (κ3) is 6.94. The second-order valence-corrected chi connectivity index (χ2v) is 11.5. The van der Waals surface area contributed by atoms with E-state index < -0.39 is 29.5 Å². The Morgan fingerprint density at radius 2 is 1.95 bits per heavy atom. The molecule has 4 aromatic rings. The molecule has 15 heteroatoms. The van der Waals surface area contributed by atoms with Crippen molar-refractivity contribution >= 4 is 45.9 Å². The molecule has 0 bridgehead atoms. The second kappa shape index (κ2) is 13.0. The topological polar surface area (TPSA) is 128 Å². The summed E-state index contributed by atoms with van der Waals surface area (Å²) in [4.78, 5) is 39.2. The Morgan fingerprint density at radius 3 is 2.70 bits per heavy atom. The molecule has 0 fully saturated rings. The zero-order valence-electron chi connectivity index (χ0n) is 22.8. The van der Waals surface area contributed by atoms with Crippen molar-refractivity contribution in [3.63, 3.8) is 0 Å². The number of carbonyl (C=O) groups is 3. The third-order valence-corrected chi connectivity index (χ3v) is 8.66. The maximum atomic E-state index is 13.5. The fourth-order valence-corrected chi connectivity index (χ4v) is 6.67. The Labute approximate surface area is 252 Å². The molecule has 1 aliphatic rings. The van der Waals surface area contributed by atoms with Crippen LogP contribution in [0.25, 0.3) is 5.69 Å². The standard InChI is InChI=1S/C28H26F3N5O5S2/c1-2-40-26(39)23-18-9-3-4-11-20(18)43-25(23)33-22(37)15-42-27-35-34-21(14-32-24(38)19-10-6-12-41-19)36(27)17-8-5-7-16(13-17)28(29,30)31/h5-8,10,12-13H,2-4,9,11,14-15H2,1H3,(H,32,38)(H,33,37). The first kappa shape index (κ1) is 30.4. The maximum absolute atomic E-state index is 13.5. The fourth-order valence-electron chi connectivity index (χ4n) is 4.61. The quantitative estimate of drug-likeness (QED) is 0.169. The average Bonchev–Trinajstić information content (AvgIpc) is 3.73. The van der Waals surface area contributed by atoms with Gasteiger partial charge in [0.1, 0.15) is 5.00 Å². The Morgan fingerprint density at radius 1 is 1.14 bits per heavy atom. The number of nitrogens with zero attached hydrogens (tertiary/aromatic N) is 3. The van der Waals surface area contributed by atoms with Crippen LogP contribution in [0, 0.1) is 0 Å². The first-order valence-electron chi connectivity index (χ1n) is 13.3. The van der Waals surface area contributed by atoms with Crippen LogP contribution in [0.1, 0.15) is 62.5 Å². The largest absolute Gasteiger partial charge is 0.462 e. The van der Waals surface area contributed by atoms with Gasteiger partial charge in [0.2, 0.25) is 5.91 Å². The van der Waals surface area contributed by atoms with E-state index in [4.69, 9.17) is 9.15 Å². The molecule has 0 aliphatic heterocycles. The number of aryl methyl sites for hydroxylation is 1. The van der Waals surface area contributed by atoms with Crippen LogP contribution in [0.5, 0.6) is 0 Å². The van der Waals surface area contributed by atoms with E-state index in [-0.39, 0.29) is 41.3 Å². The summed E-state index contributed by atoms with van der Waals surface area (Å²) in [6.45, 7) is 1.73. The molecule has 2 N–H and O–H groups in total. The highest BCUT2D eigenvalue weighted by Crippen LogP contribution is 2.39. The van der Waals surface area contributed by atoms with E-state index in [0.717, 1.165) is 60.0 Å². The van der Waals surface area contributed by atoms with Crippen LogP contribution in [-0.4, -0.2) is 44.9 Å². The summed E-state index contributed by atoms with van der Waals surface area (Å²) in [5.74, 6) is -1.48. The number of ether oxygens (including phenoxy) is 1. The molecule has 0 unspecified atom stereocenters. The molecule has 0 saturated carbocycles. The normalized spacial score (nSPS) is 12.9. The summed E-state index contributed by atoms with van der Waals surface area (Å²) in [5, 5.41) is 14.1. The van der Waals surface area contributed by atoms with Crippen molar-refractivity contribution in [1.82, 2.24) is 20.1 Å². The first-order valence-corrected chi connectivity index (χ1v) is 15.1. The van der Waals surface area contributed by atoms with Crippen molar-refractivity contribution in [2.45, 2.75) is 50.5 Å². The zero-order chi connectivity index (χ0) is 30.6. The molecule has 10 nitrogen and oxygen atoms in total. The molecule has 2 amide bonds. The maximum Gasteiger partial charge on any atom is 0.416 e. The molecule has 0 spiro atoms. The SMILES string of the molecule is CCOC(=O)c1c(NC(=O)CSc2nnc(CNC(=O)c3ccco3)n2-c2cccc(C(F)(F)F)c2)sc2c1CCCC2. The third-order valence-electron chi connectivity index (χ3n) is 6.52. The molecule has 1 aromatic carbocycles. The van der Waals surface area contributed by atoms with Crippen molar-refractivity contribution in [1.29, 1.82) is 0 Å². The van der Waals surface area contributed by atoms with Crippen LogP contribution in [0.2, 0.25) is 0 Å². The Hall–Kier alpha value is -4.11. The number of rotatable bonds is 10. The number of alkyl halides is 3. The number of hydrogen-bond acceptors (Lipinski definition) is 9. The smallest absolute Gasteiger partial charge is 0.416 e. The molecular formula is C28H26F3N5O5S2. The van der Waals surface area contributed by atoms with Crippen LogP contribution >= 0.6 is 23.1 Å². The van der Waals surface area contributed by atoms with E-state index in [0.29, 0.717) is 10.6 Å². The van der Waals surface area contributed by atoms with Gasteiger partial charge in [-0.15, -0.1) is 21.5 Å². The van der Waals surface area contributed by atoms with Gasteiger partial charge in [0.15, 0.2) is 16.7 Å². The van der Waals surface area contributed by atoms with Gasteiger partial charge in [0.25, 0.3) is 5.91 Å². The lowest BCUT2D eigenvalue weighted by Gasteiger charge is -2.13. The molecule has 226 valence electrons. The molecule has 0 saturated heterocycles. The lowest BCUT2D eigenvalue weighted by molar-refractivity contribution is -0.137. The van der Waals surface area contributed by atoms with Crippen molar-refractivity contribution < 1.29 is 36.7 Å². The van der Waals surface area contributed by atoms with Crippen molar-refractivity contribution in [2.75, 3.05) is 17.7 Å². The monoisotopic (exact) mass is 633 g/mol. The number of halogens is 3. The summed E-state index contributed by atoms with van der Waals surface area (Å²) in [5.41, 5.74) is 0.497. The molecule has 5 rings (SSSR count). The predicted molar refractivity (Wildman–Crippen MR) is 153 cm³/mol. The Balaban J connectivity index is 1.37. The number of furan rings is 1. The highest BCUT2D eigenvalue weighted by molar-refractivity contribution is 7.99. The van der Waals surface area contributed by atoms with E-state index in [1.54, 1.807) is 13.0 Å². The highest BCUT2D eigenvalue weighted by Gasteiger charge is 2.31. The lowest BCUT2D eigenvalue weighted by atomic mass is 9.95. The number of aromatic nitrogens is 3. The summed E-state index contributed by atoms with van der Waals surface area (Å²) in [6.07, 6.45) is 0.214. The number of benzene rings is 1. The van der Waals surface area contributed by atoms with Gasteiger partial charge < -0.3 is 19.8 Å². The number of anilines is 1. The van der Waals surface area contributed by atoms with Gasteiger partial charge in [-0.25, -0.2) is 4.79 Å². The summed E-state index contributed by atoms with van der Waals surface area (Å²) in [7, 11) is 0. The van der Waals surface area contributed by atoms with Crippen molar-refractivity contribution in [3.05, 3.63) is 75.8 Å². The number of carbonyl (C=O) groups excluding carboxylic acids is 3. The number of thioether (sulfide) groups is 1. The van der Waals surface area contributed by atoms with Crippen molar-refractivity contribution in [2.24, 2.45) is 0 Å². The molecule has 0 atom stereocenters.